The summed E-state index contributed by atoms with van der Waals surface area (Å²) >= 11 is 0. The Morgan fingerprint density at radius 2 is 2.08 bits per heavy atom. The van der Waals surface area contributed by atoms with E-state index < -0.39 is 0 Å². The molecule has 124 valence electrons. The third-order valence-electron chi connectivity index (χ3n) is 4.25. The summed E-state index contributed by atoms with van der Waals surface area (Å²) in [5.74, 6) is 0.278. The summed E-state index contributed by atoms with van der Waals surface area (Å²) in [6.45, 7) is 3.02. The van der Waals surface area contributed by atoms with Gasteiger partial charge in [-0.2, -0.15) is 0 Å². The third-order valence-corrected chi connectivity index (χ3v) is 4.25. The first kappa shape index (κ1) is 15.1. The summed E-state index contributed by atoms with van der Waals surface area (Å²) in [6, 6.07) is 11.7. The number of nitrogens with two attached hydrogens (primary N) is 1. The van der Waals surface area contributed by atoms with Gasteiger partial charge in [0.1, 0.15) is 11.5 Å². The molecule has 0 spiro atoms. The summed E-state index contributed by atoms with van der Waals surface area (Å²) in [4.78, 5) is 23.7. The molecule has 3 N–H and O–H groups in total. The normalized spacial score (nSPS) is 11.1. The fraction of sp³-hybridized carbons (Fsp3) is 0.105. The predicted molar refractivity (Wildman–Crippen MR) is 99.1 cm³/mol. The van der Waals surface area contributed by atoms with Crippen LogP contribution >= 0.6 is 0 Å². The van der Waals surface area contributed by atoms with E-state index in [0.29, 0.717) is 17.0 Å². The Morgan fingerprint density at radius 1 is 1.20 bits per heavy atom. The Kier molecular flexibility index (Phi) is 3.57. The highest BCUT2D eigenvalue weighted by Gasteiger charge is 2.15. The zero-order chi connectivity index (χ0) is 17.4. The summed E-state index contributed by atoms with van der Waals surface area (Å²) in [7, 11) is 0. The van der Waals surface area contributed by atoms with Gasteiger partial charge in [0.2, 0.25) is 0 Å². The Hall–Kier alpha value is -3.41. The molecule has 0 bridgehead atoms. The van der Waals surface area contributed by atoms with E-state index in [-0.39, 0.29) is 11.4 Å². The average molecular weight is 331 g/mol. The van der Waals surface area contributed by atoms with Crippen molar-refractivity contribution in [1.82, 2.24) is 19.5 Å². The number of pyridine rings is 1. The highest BCUT2D eigenvalue weighted by Crippen LogP contribution is 2.30. The molecule has 3 heterocycles. The summed E-state index contributed by atoms with van der Waals surface area (Å²) in [6.07, 6.45) is 5.16. The number of H-pyrrole nitrogens is 1. The highest BCUT2D eigenvalue weighted by atomic mass is 16.1. The van der Waals surface area contributed by atoms with Crippen molar-refractivity contribution in [3.05, 3.63) is 65.3 Å². The molecule has 4 rings (SSSR count). The van der Waals surface area contributed by atoms with E-state index in [1.807, 2.05) is 6.07 Å². The number of anilines is 1. The van der Waals surface area contributed by atoms with Gasteiger partial charge in [-0.25, -0.2) is 4.98 Å². The SMILES string of the molecule is CCn1ccc2cc(-c3ncc(N)nc3-c3ccc[nH]c3=O)ccc21. The van der Waals surface area contributed by atoms with E-state index in [1.54, 1.807) is 18.3 Å². The number of hydrogen-bond donors (Lipinski definition) is 2. The van der Waals surface area contributed by atoms with Gasteiger partial charge >= 0.3 is 0 Å². The largest absolute Gasteiger partial charge is 0.382 e. The van der Waals surface area contributed by atoms with Gasteiger partial charge in [0.05, 0.1) is 17.5 Å². The van der Waals surface area contributed by atoms with E-state index in [2.05, 4.69) is 50.8 Å². The van der Waals surface area contributed by atoms with Crippen LogP contribution in [0.1, 0.15) is 6.92 Å². The summed E-state index contributed by atoms with van der Waals surface area (Å²) in [5.41, 5.74) is 9.22. The van der Waals surface area contributed by atoms with Crippen LogP contribution in [-0.4, -0.2) is 19.5 Å². The molecule has 0 saturated heterocycles. The molecule has 0 aliphatic rings. The molecule has 0 aliphatic carbocycles. The highest BCUT2D eigenvalue weighted by molar-refractivity contribution is 5.88. The van der Waals surface area contributed by atoms with E-state index in [0.717, 1.165) is 23.0 Å². The van der Waals surface area contributed by atoms with E-state index in [1.165, 1.54) is 6.20 Å². The van der Waals surface area contributed by atoms with Gasteiger partial charge in [-0.05, 0) is 37.3 Å². The van der Waals surface area contributed by atoms with Crippen molar-refractivity contribution in [1.29, 1.82) is 0 Å². The van der Waals surface area contributed by atoms with Gasteiger partial charge in [0.25, 0.3) is 5.56 Å². The standard InChI is InChI=1S/C19H17N5O/c1-2-24-9-7-12-10-13(5-6-15(12)24)17-18(23-16(20)11-22-17)14-4-3-8-21-19(14)25/h3-11H,2H2,1H3,(H2,20,23)(H,21,25). The molecule has 6 heteroatoms. The van der Waals surface area contributed by atoms with Crippen LogP contribution in [0.25, 0.3) is 33.4 Å². The molecule has 0 saturated carbocycles. The maximum Gasteiger partial charge on any atom is 0.257 e. The lowest BCUT2D eigenvalue weighted by Gasteiger charge is -2.09. The van der Waals surface area contributed by atoms with Crippen LogP contribution in [-0.2, 0) is 6.54 Å². The van der Waals surface area contributed by atoms with Crippen molar-refractivity contribution < 1.29 is 0 Å². The Labute approximate surface area is 144 Å². The third kappa shape index (κ3) is 2.57. The molecule has 4 aromatic rings. The second-order valence-electron chi connectivity index (χ2n) is 5.78. The second-order valence-corrected chi connectivity index (χ2v) is 5.78. The van der Waals surface area contributed by atoms with Gasteiger partial charge in [-0.15, -0.1) is 0 Å². The lowest BCUT2D eigenvalue weighted by Crippen LogP contribution is -2.10. The molecule has 25 heavy (non-hydrogen) atoms. The van der Waals surface area contributed by atoms with Crippen LogP contribution in [0.5, 0.6) is 0 Å². The van der Waals surface area contributed by atoms with Crippen LogP contribution in [0.2, 0.25) is 0 Å². The van der Waals surface area contributed by atoms with Gasteiger partial charge < -0.3 is 15.3 Å². The van der Waals surface area contributed by atoms with Gasteiger partial charge in [0, 0.05) is 35.4 Å². The number of nitrogen functional groups attached to an aromatic ring is 1. The Bertz CT molecular complexity index is 1130. The monoisotopic (exact) mass is 331 g/mol. The molecule has 3 aromatic heterocycles. The van der Waals surface area contributed by atoms with Crippen LogP contribution < -0.4 is 11.3 Å². The first-order valence-corrected chi connectivity index (χ1v) is 8.07. The minimum absolute atomic E-state index is 0.220. The first-order valence-electron chi connectivity index (χ1n) is 8.07. The molecule has 0 amide bonds. The first-order chi connectivity index (χ1) is 12.2. The van der Waals surface area contributed by atoms with E-state index in [9.17, 15) is 4.79 Å². The molecule has 0 aliphatic heterocycles. The number of fused-ring (bicyclic) bond motifs is 1. The summed E-state index contributed by atoms with van der Waals surface area (Å²) < 4.78 is 2.18. The minimum atomic E-state index is -0.220. The number of benzene rings is 1. The molecule has 0 radical (unpaired) electrons. The van der Waals surface area contributed by atoms with E-state index in [4.69, 9.17) is 5.73 Å². The van der Waals surface area contributed by atoms with Crippen molar-refractivity contribution in [3.8, 4) is 22.5 Å². The molecule has 1 aromatic carbocycles. The van der Waals surface area contributed by atoms with Crippen molar-refractivity contribution in [3.63, 3.8) is 0 Å². The van der Waals surface area contributed by atoms with Gasteiger partial charge in [-0.3, -0.25) is 9.78 Å². The van der Waals surface area contributed by atoms with Crippen LogP contribution in [0, 0.1) is 0 Å². The smallest absolute Gasteiger partial charge is 0.257 e. The Balaban J connectivity index is 1.94. The maximum absolute atomic E-state index is 12.2. The topological polar surface area (TPSA) is 89.6 Å². The molecule has 0 unspecified atom stereocenters. The summed E-state index contributed by atoms with van der Waals surface area (Å²) in [5, 5.41) is 1.12. The number of hydrogen-bond acceptors (Lipinski definition) is 4. The molecule has 0 fully saturated rings. The number of aromatic amines is 1. The van der Waals surface area contributed by atoms with E-state index >= 15 is 0 Å². The molecular formula is C19H17N5O. The van der Waals surface area contributed by atoms with Crippen molar-refractivity contribution in [2.45, 2.75) is 13.5 Å². The fourth-order valence-electron chi connectivity index (χ4n) is 3.03. The van der Waals surface area contributed by atoms with Crippen molar-refractivity contribution in [2.75, 3.05) is 5.73 Å². The number of aryl methyl sites for hydroxylation is 1. The zero-order valence-electron chi connectivity index (χ0n) is 13.7. The number of nitrogens with zero attached hydrogens (tertiary/aromatic N) is 3. The van der Waals surface area contributed by atoms with Gasteiger partial charge in [0.15, 0.2) is 0 Å². The van der Waals surface area contributed by atoms with Crippen molar-refractivity contribution >= 4 is 16.7 Å². The maximum atomic E-state index is 12.2. The van der Waals surface area contributed by atoms with Crippen molar-refractivity contribution in [2.24, 2.45) is 0 Å². The van der Waals surface area contributed by atoms with Gasteiger partial charge in [-0.1, -0.05) is 6.07 Å². The lowest BCUT2D eigenvalue weighted by atomic mass is 10.0. The molecular weight excluding hydrogens is 314 g/mol. The minimum Gasteiger partial charge on any atom is -0.382 e. The molecule has 6 nitrogen and oxygen atoms in total. The second kappa shape index (κ2) is 5.90. The van der Waals surface area contributed by atoms with Crippen LogP contribution in [0.4, 0.5) is 5.82 Å². The zero-order valence-corrected chi connectivity index (χ0v) is 13.7. The van der Waals surface area contributed by atoms with Crippen LogP contribution in [0.3, 0.4) is 0 Å². The Morgan fingerprint density at radius 3 is 2.88 bits per heavy atom. The number of aromatic nitrogens is 4. The number of rotatable bonds is 3. The number of nitrogens with one attached hydrogen (secondary N) is 1. The quantitative estimate of drug-likeness (QED) is 0.604. The van der Waals surface area contributed by atoms with Crippen LogP contribution in [0.15, 0.2) is 59.8 Å². The lowest BCUT2D eigenvalue weighted by molar-refractivity contribution is 0.798. The predicted octanol–water partition coefficient (Wildman–Crippen LogP) is 3.06. The average Bonchev–Trinajstić information content (AvgIpc) is 3.04. The molecule has 0 atom stereocenters. The fourth-order valence-corrected chi connectivity index (χ4v) is 3.03.